The Morgan fingerprint density at radius 1 is 1.24 bits per heavy atom. The van der Waals surface area contributed by atoms with E-state index in [9.17, 15) is 19.7 Å². The first kappa shape index (κ1) is 23.9. The van der Waals surface area contributed by atoms with Gasteiger partial charge in [-0.2, -0.15) is 9.67 Å². The predicted octanol–water partition coefficient (Wildman–Crippen LogP) is 1.76. The van der Waals surface area contributed by atoms with E-state index in [1.165, 1.54) is 4.68 Å². The molecule has 0 aliphatic rings. The molecular formula is C18H17Cl2N7O6. The number of nitro groups is 1. The van der Waals surface area contributed by atoms with Crippen molar-refractivity contribution >= 4 is 40.8 Å². The van der Waals surface area contributed by atoms with E-state index in [0.29, 0.717) is 16.5 Å². The Morgan fingerprint density at radius 3 is 2.67 bits per heavy atom. The van der Waals surface area contributed by atoms with Gasteiger partial charge in [0.1, 0.15) is 12.3 Å². The second-order valence-electron chi connectivity index (χ2n) is 6.48. The van der Waals surface area contributed by atoms with E-state index in [1.807, 2.05) is 0 Å². The van der Waals surface area contributed by atoms with Crippen molar-refractivity contribution in [3.63, 3.8) is 0 Å². The molecule has 0 bridgehead atoms. The average molecular weight is 498 g/mol. The minimum Gasteiger partial charge on any atom is -0.482 e. The third-order valence-corrected chi connectivity index (χ3v) is 4.93. The molecule has 0 aliphatic heterocycles. The number of hydrogen-bond donors (Lipinski definition) is 2. The van der Waals surface area contributed by atoms with Gasteiger partial charge in [0.25, 0.3) is 5.91 Å². The standard InChI is InChI=1S/C18H17Cl2N7O6/c1-10-15(20)16(27(30)31)24-26(10)8-13-23-18(33-25-13)17(29)22-7-6-21-14(28)9-32-12-5-3-2-4-11(12)19/h2-5H,6-9H2,1H3,(H,21,28)(H,22,29). The van der Waals surface area contributed by atoms with Crippen molar-refractivity contribution < 1.29 is 23.8 Å². The number of para-hydroxylation sites is 1. The number of nitrogens with one attached hydrogen (secondary N) is 2. The Labute approximate surface area is 196 Å². The second-order valence-corrected chi connectivity index (χ2v) is 7.26. The first-order valence-corrected chi connectivity index (χ1v) is 10.1. The van der Waals surface area contributed by atoms with E-state index in [1.54, 1.807) is 31.2 Å². The number of aromatic nitrogens is 4. The van der Waals surface area contributed by atoms with Crippen molar-refractivity contribution in [3.8, 4) is 5.75 Å². The van der Waals surface area contributed by atoms with E-state index in [4.69, 9.17) is 32.5 Å². The molecule has 0 radical (unpaired) electrons. The van der Waals surface area contributed by atoms with E-state index in [2.05, 4.69) is 25.9 Å². The van der Waals surface area contributed by atoms with Crippen molar-refractivity contribution in [1.82, 2.24) is 30.6 Å². The van der Waals surface area contributed by atoms with Gasteiger partial charge in [-0.25, -0.2) is 0 Å². The van der Waals surface area contributed by atoms with Crippen molar-refractivity contribution in [3.05, 3.63) is 61.8 Å². The van der Waals surface area contributed by atoms with E-state index < -0.39 is 22.6 Å². The number of halogens is 2. The van der Waals surface area contributed by atoms with Gasteiger partial charge in [-0.3, -0.25) is 9.59 Å². The maximum absolute atomic E-state index is 12.1. The van der Waals surface area contributed by atoms with E-state index in [-0.39, 0.29) is 43.0 Å². The number of hydrogen-bond acceptors (Lipinski definition) is 9. The maximum Gasteiger partial charge on any atom is 0.408 e. The largest absolute Gasteiger partial charge is 0.482 e. The van der Waals surface area contributed by atoms with Gasteiger partial charge in [-0.05, 0) is 24.0 Å². The highest BCUT2D eigenvalue weighted by atomic mass is 35.5. The zero-order valence-corrected chi connectivity index (χ0v) is 18.6. The number of ether oxygens (including phenoxy) is 1. The summed E-state index contributed by atoms with van der Waals surface area (Å²) in [6, 6.07) is 6.75. The smallest absolute Gasteiger partial charge is 0.408 e. The summed E-state index contributed by atoms with van der Waals surface area (Å²) >= 11 is 11.8. The fourth-order valence-corrected chi connectivity index (χ4v) is 2.93. The average Bonchev–Trinajstić information content (AvgIpc) is 3.36. The van der Waals surface area contributed by atoms with Crippen LogP contribution in [0, 0.1) is 17.0 Å². The maximum atomic E-state index is 12.1. The van der Waals surface area contributed by atoms with Crippen LogP contribution in [0.5, 0.6) is 5.75 Å². The number of carbonyl (C=O) groups is 2. The number of nitrogens with zero attached hydrogens (tertiary/aromatic N) is 5. The molecular weight excluding hydrogens is 481 g/mol. The lowest BCUT2D eigenvalue weighted by atomic mass is 10.3. The fourth-order valence-electron chi connectivity index (χ4n) is 2.53. The summed E-state index contributed by atoms with van der Waals surface area (Å²) in [5.74, 6) is -1.40. The van der Waals surface area contributed by atoms with Crippen LogP contribution in [0.25, 0.3) is 0 Å². The molecule has 0 saturated heterocycles. The molecule has 174 valence electrons. The van der Waals surface area contributed by atoms with Gasteiger partial charge in [0.05, 0.1) is 15.8 Å². The van der Waals surface area contributed by atoms with Crippen molar-refractivity contribution in [2.24, 2.45) is 0 Å². The lowest BCUT2D eigenvalue weighted by Gasteiger charge is -2.08. The monoisotopic (exact) mass is 497 g/mol. The Balaban J connectivity index is 1.43. The summed E-state index contributed by atoms with van der Waals surface area (Å²) in [4.78, 5) is 38.1. The Bertz CT molecular complexity index is 1180. The molecule has 3 rings (SSSR count). The summed E-state index contributed by atoms with van der Waals surface area (Å²) in [7, 11) is 0. The number of rotatable bonds is 10. The van der Waals surface area contributed by atoms with Gasteiger partial charge in [-0.1, -0.05) is 40.5 Å². The molecule has 0 aliphatic carbocycles. The Hall–Kier alpha value is -3.71. The van der Waals surface area contributed by atoms with Crippen LogP contribution in [0.3, 0.4) is 0 Å². The van der Waals surface area contributed by atoms with Crippen LogP contribution in [0.4, 0.5) is 5.82 Å². The molecule has 0 saturated carbocycles. The van der Waals surface area contributed by atoms with Crippen LogP contribution in [-0.2, 0) is 11.3 Å². The molecule has 1 aromatic carbocycles. The zero-order chi connectivity index (χ0) is 24.0. The minimum absolute atomic E-state index is 0.0716. The summed E-state index contributed by atoms with van der Waals surface area (Å²) in [5.41, 5.74) is 0.341. The third-order valence-electron chi connectivity index (χ3n) is 4.17. The van der Waals surface area contributed by atoms with Crippen LogP contribution >= 0.6 is 23.2 Å². The summed E-state index contributed by atoms with van der Waals surface area (Å²) < 4.78 is 11.4. The summed E-state index contributed by atoms with van der Waals surface area (Å²) in [6.07, 6.45) is 0. The zero-order valence-electron chi connectivity index (χ0n) is 17.1. The highest BCUT2D eigenvalue weighted by molar-refractivity contribution is 6.33. The van der Waals surface area contributed by atoms with Gasteiger partial charge >= 0.3 is 17.6 Å². The first-order valence-electron chi connectivity index (χ1n) is 9.38. The lowest BCUT2D eigenvalue weighted by Crippen LogP contribution is -2.36. The minimum atomic E-state index is -0.706. The molecule has 3 aromatic rings. The van der Waals surface area contributed by atoms with Crippen molar-refractivity contribution in [2.75, 3.05) is 19.7 Å². The number of carbonyl (C=O) groups excluding carboxylic acids is 2. The highest BCUT2D eigenvalue weighted by Gasteiger charge is 2.25. The number of amides is 2. The molecule has 0 spiro atoms. The van der Waals surface area contributed by atoms with Crippen LogP contribution in [0.1, 0.15) is 22.2 Å². The molecule has 0 atom stereocenters. The molecule has 0 fully saturated rings. The van der Waals surface area contributed by atoms with Gasteiger partial charge in [-0.15, -0.1) is 0 Å². The SMILES string of the molecule is Cc1c(Cl)c([N+](=O)[O-])nn1Cc1noc(C(=O)NCCNC(=O)COc2ccccc2Cl)n1. The van der Waals surface area contributed by atoms with Crippen molar-refractivity contribution in [2.45, 2.75) is 13.5 Å². The van der Waals surface area contributed by atoms with Crippen LogP contribution in [0.2, 0.25) is 10.0 Å². The quantitative estimate of drug-likeness (QED) is 0.240. The fraction of sp³-hybridized carbons (Fsp3) is 0.278. The molecule has 13 nitrogen and oxygen atoms in total. The molecule has 2 N–H and O–H groups in total. The Morgan fingerprint density at radius 2 is 1.97 bits per heavy atom. The lowest BCUT2D eigenvalue weighted by molar-refractivity contribution is -0.389. The van der Waals surface area contributed by atoms with Crippen LogP contribution in [0.15, 0.2) is 28.8 Å². The molecule has 15 heteroatoms. The molecule has 2 heterocycles. The topological polar surface area (TPSA) is 167 Å². The van der Waals surface area contributed by atoms with Gasteiger partial charge in [0, 0.05) is 13.1 Å². The second kappa shape index (κ2) is 10.7. The third kappa shape index (κ3) is 6.17. The highest BCUT2D eigenvalue weighted by Crippen LogP contribution is 2.26. The van der Waals surface area contributed by atoms with Gasteiger partial charge in [0.2, 0.25) is 0 Å². The molecule has 2 aromatic heterocycles. The van der Waals surface area contributed by atoms with E-state index in [0.717, 1.165) is 0 Å². The van der Waals surface area contributed by atoms with Crippen molar-refractivity contribution in [1.29, 1.82) is 0 Å². The first-order chi connectivity index (χ1) is 15.8. The molecule has 0 unspecified atom stereocenters. The summed E-state index contributed by atoms with van der Waals surface area (Å²) in [5, 5.41) is 23.7. The summed E-state index contributed by atoms with van der Waals surface area (Å²) in [6.45, 7) is 1.45. The van der Waals surface area contributed by atoms with Crippen LogP contribution in [-0.4, -0.2) is 56.4 Å². The molecule has 33 heavy (non-hydrogen) atoms. The number of benzene rings is 1. The predicted molar refractivity (Wildman–Crippen MR) is 114 cm³/mol. The van der Waals surface area contributed by atoms with Crippen LogP contribution < -0.4 is 15.4 Å². The molecule has 2 amide bonds. The van der Waals surface area contributed by atoms with E-state index >= 15 is 0 Å². The van der Waals surface area contributed by atoms with Gasteiger partial charge in [0.15, 0.2) is 17.5 Å². The normalized spacial score (nSPS) is 10.6. The van der Waals surface area contributed by atoms with Gasteiger partial charge < -0.3 is 30.0 Å². The Kier molecular flexibility index (Phi) is 7.79.